The molecule has 0 rings (SSSR count). The van der Waals surface area contributed by atoms with Gasteiger partial charge in [-0.05, 0) is 0 Å². The molecule has 0 atom stereocenters. The minimum Gasteiger partial charge on any atom is -0.303 e. The maximum Gasteiger partial charge on any atom is 0.466 e. The van der Waals surface area contributed by atoms with Gasteiger partial charge in [-0.25, -0.2) is 4.57 Å². The predicted molar refractivity (Wildman–Crippen MR) is 14.3 cm³/mol. The van der Waals surface area contributed by atoms with Crippen molar-refractivity contribution in [2.45, 2.75) is 0 Å². The first-order chi connectivity index (χ1) is 2.56. The summed E-state index contributed by atoms with van der Waals surface area (Å²) in [6.45, 7) is 0. The van der Waals surface area contributed by atoms with Crippen LogP contribution in [0.15, 0.2) is 0 Å². The van der Waals surface area contributed by atoms with Gasteiger partial charge in [0.15, 0.2) is 0 Å². The van der Waals surface area contributed by atoms with Gasteiger partial charge in [0.1, 0.15) is 0 Å². The lowest BCUT2D eigenvalue weighted by Gasteiger charge is -1.82. The fourth-order valence-electron chi connectivity index (χ4n) is 0. The molecular weight excluding hydrogens is 95.0 g/mol. The van der Waals surface area contributed by atoms with Crippen LogP contribution in [0, 0.1) is 0 Å². The Balaban J connectivity index is 3.48. The number of rotatable bonds is 1. The molecule has 32 valence electrons. The van der Waals surface area contributed by atoms with Crippen molar-refractivity contribution in [1.29, 1.82) is 1.43 Å². The summed E-state index contributed by atoms with van der Waals surface area (Å²) in [7, 11) is -4.48. The average molecular weight is 99.0 g/mol. The van der Waals surface area contributed by atoms with Crippen LogP contribution in [0.25, 0.3) is 0 Å². The van der Waals surface area contributed by atoms with E-state index >= 15 is 0 Å². The van der Waals surface area contributed by atoms with E-state index in [0.29, 0.717) is 0 Å². The molecule has 0 aliphatic rings. The normalized spacial score (nSPS) is 14.4. The minimum atomic E-state index is -4.48. The Morgan fingerprint density at radius 3 is 2.00 bits per heavy atom. The van der Waals surface area contributed by atoms with Gasteiger partial charge in [-0.2, -0.15) is 0 Å². The van der Waals surface area contributed by atoms with Gasteiger partial charge in [-0.15, -0.1) is 0 Å². The maximum absolute atomic E-state index is 9.28. The molecule has 0 aromatic rings. The molecule has 0 aromatic heterocycles. The van der Waals surface area contributed by atoms with Crippen molar-refractivity contribution in [1.82, 2.24) is 0 Å². The molecule has 4 nitrogen and oxygen atoms in total. The van der Waals surface area contributed by atoms with Crippen LogP contribution in [0.2, 0.25) is 0 Å². The van der Waals surface area contributed by atoms with E-state index in [9.17, 15) is 4.57 Å². The molecule has 0 aromatic carbocycles. The summed E-state index contributed by atoms with van der Waals surface area (Å²) in [5.74, 6) is 0. The quantitative estimate of drug-likeness (QED) is 0.371. The second kappa shape index (κ2) is 1.06. The summed E-state index contributed by atoms with van der Waals surface area (Å²) >= 11 is 0. The van der Waals surface area contributed by atoms with Crippen LogP contribution in [-0.4, -0.2) is 16.1 Å². The van der Waals surface area contributed by atoms with Gasteiger partial charge in [0.2, 0.25) is 1.43 Å². The molecule has 0 heterocycles. The number of hydrogen-bond acceptors (Lipinski definition) is 2. The zero-order valence-electron chi connectivity index (χ0n) is 3.16. The van der Waals surface area contributed by atoms with Crippen molar-refractivity contribution in [2.75, 3.05) is 0 Å². The van der Waals surface area contributed by atoms with Gasteiger partial charge >= 0.3 is 7.82 Å². The summed E-state index contributed by atoms with van der Waals surface area (Å²) < 4.78 is 14.9. The molecule has 0 aliphatic heterocycles. The Morgan fingerprint density at radius 1 is 1.80 bits per heavy atom. The first-order valence-electron chi connectivity index (χ1n) is 1.17. The van der Waals surface area contributed by atoms with Crippen molar-refractivity contribution in [2.24, 2.45) is 0 Å². The Hall–Kier alpha value is 0.110. The van der Waals surface area contributed by atoms with Gasteiger partial charge in [-0.3, -0.25) is 0 Å². The standard InChI is InChI=1S/H3O4P/c1-5(2,3)4/h(H3,1,2,3,4)/i/hD. The van der Waals surface area contributed by atoms with Gasteiger partial charge in [0, 0.05) is 0 Å². The molecule has 0 amide bonds. The zero-order chi connectivity index (χ0) is 5.21. The highest BCUT2D eigenvalue weighted by molar-refractivity contribution is 7.45. The number of hydrogen-bond donors (Lipinski definition) is 3. The second-order valence-electron chi connectivity index (χ2n) is 0.491. The van der Waals surface area contributed by atoms with E-state index in [1.807, 2.05) is 0 Å². The van der Waals surface area contributed by atoms with E-state index in [2.05, 4.69) is 4.90 Å². The third kappa shape index (κ3) is 1510. The van der Waals surface area contributed by atoms with E-state index < -0.39 is 7.82 Å². The highest BCUT2D eigenvalue weighted by Crippen LogP contribution is 2.25. The lowest BCUT2D eigenvalue weighted by Crippen LogP contribution is -1.66. The van der Waals surface area contributed by atoms with Gasteiger partial charge < -0.3 is 14.7 Å². The Kier molecular flexibility index (Phi) is 0.704. The molecule has 0 radical (unpaired) electrons. The third-order valence-corrected chi connectivity index (χ3v) is 0. The second-order valence-corrected chi connectivity index (χ2v) is 1.47. The van der Waals surface area contributed by atoms with Crippen molar-refractivity contribution in [3.63, 3.8) is 0 Å². The average Bonchev–Trinajstić information content (AvgIpc) is 1.35. The molecule has 5 heavy (non-hydrogen) atoms. The molecule has 0 unspecified atom stereocenters. The van der Waals surface area contributed by atoms with E-state index in [0.717, 1.165) is 0 Å². The summed E-state index contributed by atoms with van der Waals surface area (Å²) in [6.07, 6.45) is 0. The van der Waals surface area contributed by atoms with Crippen molar-refractivity contribution in [3.8, 4) is 0 Å². The monoisotopic (exact) mass is 99.0 g/mol. The van der Waals surface area contributed by atoms with E-state index in [1.165, 1.54) is 0 Å². The zero-order valence-corrected chi connectivity index (χ0v) is 3.05. The molecule has 0 bridgehead atoms. The highest BCUT2D eigenvalue weighted by atomic mass is 31.2. The largest absolute Gasteiger partial charge is 0.466 e. The topological polar surface area (TPSA) is 77.8 Å². The van der Waals surface area contributed by atoms with Crippen LogP contribution < -0.4 is 0 Å². The van der Waals surface area contributed by atoms with Crippen molar-refractivity contribution >= 4 is 7.82 Å². The van der Waals surface area contributed by atoms with Gasteiger partial charge in [0.05, 0.1) is 0 Å². The molecule has 0 aliphatic carbocycles. The van der Waals surface area contributed by atoms with Crippen LogP contribution in [0.3, 0.4) is 0 Å². The molecule has 0 saturated carbocycles. The first-order valence-corrected chi connectivity index (χ1v) is 2.30. The fraction of sp³-hybridized carbons (Fsp3) is 0. The smallest absolute Gasteiger partial charge is 0.303 e. The SMILES string of the molecule is [2H]OP(=O)(O)O. The Morgan fingerprint density at radius 2 is 2.00 bits per heavy atom. The van der Waals surface area contributed by atoms with Crippen LogP contribution in [0.4, 0.5) is 0 Å². The number of phosphoric acid groups is 1. The van der Waals surface area contributed by atoms with Crippen LogP contribution >= 0.6 is 7.82 Å². The van der Waals surface area contributed by atoms with E-state index in [-0.39, 0.29) is 0 Å². The molecule has 3 N–H and O–H groups in total. The highest BCUT2D eigenvalue weighted by Gasteiger charge is 2.00. The molecule has 5 heteroatoms. The van der Waals surface area contributed by atoms with Gasteiger partial charge in [-0.1, -0.05) is 0 Å². The van der Waals surface area contributed by atoms with E-state index in [4.69, 9.17) is 11.2 Å². The van der Waals surface area contributed by atoms with Gasteiger partial charge in [0.25, 0.3) is 0 Å². The molecular formula is H3O4P. The van der Waals surface area contributed by atoms with Crippen LogP contribution in [0.5, 0.6) is 0 Å². The predicted octanol–water partition coefficient (Wildman–Crippen LogP) is -0.929. The Labute approximate surface area is 29.8 Å². The minimum absolute atomic E-state index is 2.85. The molecule has 0 spiro atoms. The van der Waals surface area contributed by atoms with Crippen LogP contribution in [-0.2, 0) is 4.57 Å². The summed E-state index contributed by atoms with van der Waals surface area (Å²) in [5, 5.41) is 0. The first kappa shape index (κ1) is 3.31. The summed E-state index contributed by atoms with van der Waals surface area (Å²) in [6, 6.07) is 0. The summed E-state index contributed by atoms with van der Waals surface area (Å²) in [5.41, 5.74) is 0. The lowest BCUT2D eigenvalue weighted by molar-refractivity contribution is 0.275. The maximum atomic E-state index is 9.28. The van der Waals surface area contributed by atoms with E-state index in [1.54, 1.807) is 0 Å². The fourth-order valence-corrected chi connectivity index (χ4v) is 0. The lowest BCUT2D eigenvalue weighted by atomic mass is 15.8. The summed E-state index contributed by atoms with van der Waals surface area (Å²) in [4.78, 5) is 17.9. The Bertz CT molecular complexity index is 71.6. The van der Waals surface area contributed by atoms with Crippen molar-refractivity contribution < 1.29 is 19.2 Å². The third-order valence-electron chi connectivity index (χ3n) is 0. The molecule has 0 saturated heterocycles. The molecule has 0 fully saturated rings. The van der Waals surface area contributed by atoms with Crippen molar-refractivity contribution in [3.05, 3.63) is 0 Å². The van der Waals surface area contributed by atoms with Crippen LogP contribution in [0.1, 0.15) is 0 Å².